The van der Waals surface area contributed by atoms with Crippen molar-refractivity contribution in [1.29, 1.82) is 0 Å². The van der Waals surface area contributed by atoms with Crippen LogP contribution in [0.2, 0.25) is 0 Å². The Labute approximate surface area is 157 Å². The molecule has 2 fully saturated rings. The molecule has 2 aliphatic rings. The van der Waals surface area contributed by atoms with Gasteiger partial charge in [0.25, 0.3) is 0 Å². The first kappa shape index (κ1) is 18.1. The van der Waals surface area contributed by atoms with Crippen LogP contribution in [0, 0.1) is 0 Å². The molecule has 1 aliphatic heterocycles. The number of carbonyl (C=O) groups is 1. The van der Waals surface area contributed by atoms with E-state index in [-0.39, 0.29) is 11.6 Å². The van der Waals surface area contributed by atoms with Gasteiger partial charge in [0.1, 0.15) is 0 Å². The van der Waals surface area contributed by atoms with Gasteiger partial charge in [-0.25, -0.2) is 9.59 Å². The zero-order chi connectivity index (χ0) is 18.7. The molecule has 27 heavy (non-hydrogen) atoms. The summed E-state index contributed by atoms with van der Waals surface area (Å²) < 4.78 is 10.5. The van der Waals surface area contributed by atoms with E-state index >= 15 is 0 Å². The molecule has 0 atom stereocenters. The molecule has 2 heterocycles. The summed E-state index contributed by atoms with van der Waals surface area (Å²) in [6.45, 7) is 3.99. The van der Waals surface area contributed by atoms with E-state index in [1.165, 1.54) is 19.3 Å². The lowest BCUT2D eigenvalue weighted by Gasteiger charge is -2.48. The molecule has 8 nitrogen and oxygen atoms in total. The van der Waals surface area contributed by atoms with E-state index < -0.39 is 5.76 Å². The molecule has 3 N–H and O–H groups in total. The summed E-state index contributed by atoms with van der Waals surface area (Å²) in [5.74, 6) is -0.503. The van der Waals surface area contributed by atoms with Gasteiger partial charge in [-0.15, -0.1) is 0 Å². The second-order valence-corrected chi connectivity index (χ2v) is 7.42. The highest BCUT2D eigenvalue weighted by Crippen LogP contribution is 2.33. The van der Waals surface area contributed by atoms with Gasteiger partial charge in [-0.3, -0.25) is 9.88 Å². The molecule has 8 heteroatoms. The molecule has 2 amide bonds. The normalized spacial score (nSPS) is 20.4. The Morgan fingerprint density at radius 2 is 1.96 bits per heavy atom. The van der Waals surface area contributed by atoms with Crippen LogP contribution in [0.4, 0.5) is 10.5 Å². The highest BCUT2D eigenvalue weighted by Gasteiger charge is 2.38. The van der Waals surface area contributed by atoms with Crippen molar-refractivity contribution >= 4 is 22.8 Å². The van der Waals surface area contributed by atoms with Crippen molar-refractivity contribution in [3.8, 4) is 0 Å². The van der Waals surface area contributed by atoms with Crippen molar-refractivity contribution in [1.82, 2.24) is 15.2 Å². The summed E-state index contributed by atoms with van der Waals surface area (Å²) >= 11 is 0. The SMILES string of the molecule is O=C(NCC1(N2CCOCC2)CCCCC1)Nc1ccc2[nH]c(=O)oc2c1. The summed E-state index contributed by atoms with van der Waals surface area (Å²) in [4.78, 5) is 28.8. The van der Waals surface area contributed by atoms with Gasteiger partial charge < -0.3 is 19.8 Å². The molecule has 1 saturated carbocycles. The van der Waals surface area contributed by atoms with Crippen LogP contribution < -0.4 is 16.4 Å². The second-order valence-electron chi connectivity index (χ2n) is 7.42. The maximum atomic E-state index is 12.5. The van der Waals surface area contributed by atoms with Gasteiger partial charge >= 0.3 is 11.8 Å². The van der Waals surface area contributed by atoms with Gasteiger partial charge in [-0.2, -0.15) is 0 Å². The average Bonchev–Trinajstić information content (AvgIpc) is 3.07. The largest absolute Gasteiger partial charge is 0.417 e. The van der Waals surface area contributed by atoms with Crippen LogP contribution in [0.1, 0.15) is 32.1 Å². The lowest BCUT2D eigenvalue weighted by atomic mass is 9.80. The van der Waals surface area contributed by atoms with Crippen molar-refractivity contribution in [3.63, 3.8) is 0 Å². The fourth-order valence-electron chi connectivity index (χ4n) is 4.30. The third-order valence-electron chi connectivity index (χ3n) is 5.72. The van der Waals surface area contributed by atoms with Crippen molar-refractivity contribution in [2.45, 2.75) is 37.6 Å². The molecular weight excluding hydrogens is 348 g/mol. The van der Waals surface area contributed by atoms with Crippen LogP contribution in [0.5, 0.6) is 0 Å². The highest BCUT2D eigenvalue weighted by molar-refractivity contribution is 5.91. The van der Waals surface area contributed by atoms with Crippen molar-refractivity contribution in [3.05, 3.63) is 28.7 Å². The molecule has 1 aromatic carbocycles. The Morgan fingerprint density at radius 3 is 2.74 bits per heavy atom. The number of nitrogens with zero attached hydrogens (tertiary/aromatic N) is 1. The van der Waals surface area contributed by atoms with E-state index in [2.05, 4.69) is 20.5 Å². The molecule has 2 aromatic rings. The number of hydrogen-bond donors (Lipinski definition) is 3. The van der Waals surface area contributed by atoms with Crippen LogP contribution in [0.15, 0.2) is 27.4 Å². The number of carbonyl (C=O) groups excluding carboxylic acids is 1. The number of rotatable bonds is 4. The fraction of sp³-hybridized carbons (Fsp3) is 0.579. The Bertz CT molecular complexity index is 847. The Balaban J connectivity index is 1.40. The lowest BCUT2D eigenvalue weighted by molar-refractivity contribution is -0.0356. The van der Waals surface area contributed by atoms with Crippen molar-refractivity contribution < 1.29 is 13.9 Å². The van der Waals surface area contributed by atoms with E-state index in [0.717, 1.165) is 39.1 Å². The van der Waals surface area contributed by atoms with Gasteiger partial charge in [0.15, 0.2) is 5.58 Å². The zero-order valence-corrected chi connectivity index (χ0v) is 15.4. The predicted octanol–water partition coefficient (Wildman–Crippen LogP) is 2.28. The third-order valence-corrected chi connectivity index (χ3v) is 5.72. The summed E-state index contributed by atoms with van der Waals surface area (Å²) in [5.41, 5.74) is 1.65. The quantitative estimate of drug-likeness (QED) is 0.762. The standard InChI is InChI=1S/C19H26N4O4/c24-17(21-14-4-5-15-16(12-14)27-18(25)22-15)20-13-19(6-2-1-3-7-19)23-8-10-26-11-9-23/h4-5,12H,1-3,6-11,13H2,(H,22,25)(H2,20,21,24). The summed E-state index contributed by atoms with van der Waals surface area (Å²) in [7, 11) is 0. The molecule has 4 rings (SSSR count). The lowest BCUT2D eigenvalue weighted by Crippen LogP contribution is -2.60. The molecule has 1 saturated heterocycles. The highest BCUT2D eigenvalue weighted by atomic mass is 16.5. The molecule has 1 aliphatic carbocycles. The number of hydrogen-bond acceptors (Lipinski definition) is 5. The number of benzene rings is 1. The van der Waals surface area contributed by atoms with Crippen LogP contribution in [0.3, 0.4) is 0 Å². The Kier molecular flexibility index (Phi) is 5.18. The van der Waals surface area contributed by atoms with Gasteiger partial charge in [0.2, 0.25) is 0 Å². The molecule has 146 valence electrons. The first-order valence-corrected chi connectivity index (χ1v) is 9.65. The predicted molar refractivity (Wildman–Crippen MR) is 102 cm³/mol. The summed E-state index contributed by atoms with van der Waals surface area (Å²) in [5, 5.41) is 5.89. The first-order valence-electron chi connectivity index (χ1n) is 9.65. The van der Waals surface area contributed by atoms with Crippen molar-refractivity contribution in [2.75, 3.05) is 38.2 Å². The summed E-state index contributed by atoms with van der Waals surface area (Å²) in [6, 6.07) is 4.86. The minimum Gasteiger partial charge on any atom is -0.408 e. The minimum atomic E-state index is -0.503. The number of morpholine rings is 1. The van der Waals surface area contributed by atoms with E-state index in [1.807, 2.05) is 0 Å². The monoisotopic (exact) mass is 374 g/mol. The van der Waals surface area contributed by atoms with E-state index in [9.17, 15) is 9.59 Å². The van der Waals surface area contributed by atoms with Crippen LogP contribution in [-0.4, -0.2) is 54.3 Å². The number of anilines is 1. The number of aromatic amines is 1. The molecule has 0 radical (unpaired) electrons. The molecular formula is C19H26N4O4. The molecule has 0 unspecified atom stereocenters. The number of nitrogens with one attached hydrogen (secondary N) is 3. The number of amides is 2. The maximum Gasteiger partial charge on any atom is 0.417 e. The third kappa shape index (κ3) is 4.01. The topological polar surface area (TPSA) is 99.6 Å². The minimum absolute atomic E-state index is 0.0246. The molecule has 0 bridgehead atoms. The van der Waals surface area contributed by atoms with Gasteiger partial charge in [-0.05, 0) is 25.0 Å². The van der Waals surface area contributed by atoms with Crippen molar-refractivity contribution in [2.24, 2.45) is 0 Å². The Hall–Kier alpha value is -2.32. The number of ether oxygens (including phenoxy) is 1. The van der Waals surface area contributed by atoms with Crippen LogP contribution in [0.25, 0.3) is 11.1 Å². The number of urea groups is 1. The number of aromatic nitrogens is 1. The first-order chi connectivity index (χ1) is 13.1. The van der Waals surface area contributed by atoms with E-state index in [4.69, 9.17) is 9.15 Å². The zero-order valence-electron chi connectivity index (χ0n) is 15.4. The number of H-pyrrole nitrogens is 1. The average molecular weight is 374 g/mol. The van der Waals surface area contributed by atoms with Gasteiger partial charge in [0.05, 0.1) is 18.7 Å². The number of fused-ring (bicyclic) bond motifs is 1. The summed E-state index contributed by atoms with van der Waals surface area (Å²) in [6.07, 6.45) is 5.87. The van der Waals surface area contributed by atoms with Gasteiger partial charge in [-0.1, -0.05) is 19.3 Å². The van der Waals surface area contributed by atoms with E-state index in [1.54, 1.807) is 18.2 Å². The molecule has 1 aromatic heterocycles. The number of oxazole rings is 1. The fourth-order valence-corrected chi connectivity index (χ4v) is 4.30. The maximum absolute atomic E-state index is 12.5. The smallest absolute Gasteiger partial charge is 0.408 e. The Morgan fingerprint density at radius 1 is 1.19 bits per heavy atom. The van der Waals surface area contributed by atoms with Crippen LogP contribution in [-0.2, 0) is 4.74 Å². The van der Waals surface area contributed by atoms with Gasteiger partial charge in [0, 0.05) is 36.9 Å². The van der Waals surface area contributed by atoms with E-state index in [0.29, 0.717) is 23.3 Å². The van der Waals surface area contributed by atoms with Crippen LogP contribution >= 0.6 is 0 Å². The second kappa shape index (κ2) is 7.74. The molecule has 0 spiro atoms.